The molecule has 150 valence electrons. The van der Waals surface area contributed by atoms with Crippen LogP contribution in [0.4, 0.5) is 0 Å². The van der Waals surface area contributed by atoms with E-state index >= 15 is 0 Å². The first-order chi connectivity index (χ1) is 14.2. The topological polar surface area (TPSA) is 40.5 Å². The third-order valence-corrected chi connectivity index (χ3v) is 5.09. The molecule has 30 heavy (non-hydrogen) atoms. The predicted octanol–water partition coefficient (Wildman–Crippen LogP) is 5.76. The summed E-state index contributed by atoms with van der Waals surface area (Å²) in [4.78, 5) is 0. The van der Waals surface area contributed by atoms with Crippen LogP contribution in [0.5, 0.6) is 11.5 Å². The highest BCUT2D eigenvalue weighted by atomic mass is 16.3. The van der Waals surface area contributed by atoms with Crippen molar-refractivity contribution in [2.75, 3.05) is 0 Å². The van der Waals surface area contributed by atoms with Crippen molar-refractivity contribution in [1.29, 1.82) is 0 Å². The number of rotatable bonds is 2. The van der Waals surface area contributed by atoms with Crippen molar-refractivity contribution in [3.05, 3.63) is 95.1 Å². The molecule has 3 rings (SSSR count). The molecule has 3 aromatic carbocycles. The van der Waals surface area contributed by atoms with Crippen molar-refractivity contribution in [1.82, 2.24) is 0 Å². The van der Waals surface area contributed by atoms with Gasteiger partial charge in [0.25, 0.3) is 0 Å². The molecule has 3 aromatic rings. The van der Waals surface area contributed by atoms with Crippen molar-refractivity contribution >= 4 is 0 Å². The van der Waals surface area contributed by atoms with E-state index in [1.165, 1.54) is 6.07 Å². The Bertz CT molecular complexity index is 1150. The average Bonchev–Trinajstić information content (AvgIpc) is 2.74. The Morgan fingerprint density at radius 1 is 0.633 bits per heavy atom. The summed E-state index contributed by atoms with van der Waals surface area (Å²) in [5.41, 5.74) is 1.92. The molecule has 0 atom stereocenters. The van der Waals surface area contributed by atoms with Gasteiger partial charge in [-0.1, -0.05) is 72.2 Å². The highest BCUT2D eigenvalue weighted by molar-refractivity contribution is 5.57. The molecule has 2 nitrogen and oxygen atoms in total. The zero-order valence-electron chi connectivity index (χ0n) is 17.8. The lowest BCUT2D eigenvalue weighted by Crippen LogP contribution is -2.15. The van der Waals surface area contributed by atoms with E-state index < -0.39 is 5.41 Å². The maximum absolute atomic E-state index is 10.6. The number of hydrogen-bond donors (Lipinski definition) is 2. The molecule has 0 unspecified atom stereocenters. The fourth-order valence-electron chi connectivity index (χ4n) is 3.15. The molecule has 0 aliphatic rings. The van der Waals surface area contributed by atoms with Crippen LogP contribution >= 0.6 is 0 Å². The number of phenols is 2. The summed E-state index contributed by atoms with van der Waals surface area (Å²) in [7, 11) is 0. The molecule has 0 saturated heterocycles. The first-order valence-electron chi connectivity index (χ1n) is 9.92. The summed E-state index contributed by atoms with van der Waals surface area (Å²) in [5, 5.41) is 21.2. The molecule has 0 heterocycles. The van der Waals surface area contributed by atoms with Crippen LogP contribution in [0.15, 0.2) is 72.8 Å². The lowest BCUT2D eigenvalue weighted by atomic mass is 9.83. The molecule has 2 N–H and O–H groups in total. The van der Waals surface area contributed by atoms with Crippen LogP contribution in [0.25, 0.3) is 0 Å². The van der Waals surface area contributed by atoms with E-state index in [-0.39, 0.29) is 16.9 Å². The van der Waals surface area contributed by atoms with E-state index in [4.69, 9.17) is 0 Å². The van der Waals surface area contributed by atoms with Crippen LogP contribution in [0.1, 0.15) is 49.9 Å². The summed E-state index contributed by atoms with van der Waals surface area (Å²) in [5.74, 6) is 12.7. The van der Waals surface area contributed by atoms with Crippen LogP contribution in [0.3, 0.4) is 0 Å². The van der Waals surface area contributed by atoms with Gasteiger partial charge in [0.15, 0.2) is 0 Å². The van der Waals surface area contributed by atoms with E-state index in [1.54, 1.807) is 6.07 Å². The summed E-state index contributed by atoms with van der Waals surface area (Å²) in [6.45, 7) is 7.90. The summed E-state index contributed by atoms with van der Waals surface area (Å²) in [6.07, 6.45) is 0. The lowest BCUT2D eigenvalue weighted by molar-refractivity contribution is 0.443. The van der Waals surface area contributed by atoms with Gasteiger partial charge < -0.3 is 10.2 Å². The minimum atomic E-state index is -0.646. The van der Waals surface area contributed by atoms with Gasteiger partial charge in [0.05, 0.1) is 16.4 Å². The fraction of sp³-hybridized carbons (Fsp3) is 0.214. The monoisotopic (exact) mass is 394 g/mol. The second kappa shape index (κ2) is 8.40. The quantitative estimate of drug-likeness (QED) is 0.429. The van der Waals surface area contributed by atoms with Gasteiger partial charge >= 0.3 is 0 Å². The first-order valence-corrected chi connectivity index (χ1v) is 9.92. The van der Waals surface area contributed by atoms with Gasteiger partial charge in [-0.15, -0.1) is 0 Å². The highest BCUT2D eigenvalue weighted by Crippen LogP contribution is 2.35. The zero-order valence-corrected chi connectivity index (χ0v) is 17.8. The number of hydrogen-bond acceptors (Lipinski definition) is 2. The molecule has 0 saturated carbocycles. The third-order valence-electron chi connectivity index (χ3n) is 5.09. The third kappa shape index (κ3) is 4.86. The highest BCUT2D eigenvalue weighted by Gasteiger charge is 2.24. The van der Waals surface area contributed by atoms with Gasteiger partial charge in [-0.05, 0) is 57.5 Å². The molecule has 0 aromatic heterocycles. The second-order valence-electron chi connectivity index (χ2n) is 8.37. The summed E-state index contributed by atoms with van der Waals surface area (Å²) < 4.78 is 0. The molecule has 2 heteroatoms. The molecular formula is C28H26O2. The maximum Gasteiger partial charge on any atom is 0.131 e. The molecule has 0 spiro atoms. The van der Waals surface area contributed by atoms with E-state index in [0.29, 0.717) is 11.1 Å². The number of phenolic OH excluding ortho intramolecular Hbond substituents is 2. The van der Waals surface area contributed by atoms with Gasteiger partial charge in [0, 0.05) is 11.1 Å². The van der Waals surface area contributed by atoms with Crippen molar-refractivity contribution in [3.8, 4) is 35.2 Å². The van der Waals surface area contributed by atoms with Crippen LogP contribution in [0.2, 0.25) is 0 Å². The van der Waals surface area contributed by atoms with Crippen LogP contribution in [0, 0.1) is 23.7 Å². The molecule has 0 bridgehead atoms. The maximum atomic E-state index is 10.6. The van der Waals surface area contributed by atoms with E-state index in [2.05, 4.69) is 23.7 Å². The zero-order chi connectivity index (χ0) is 21.8. The molecule has 0 aliphatic carbocycles. The number of benzene rings is 3. The normalized spacial score (nSPS) is 11.1. The Hall–Kier alpha value is -3.62. The smallest absolute Gasteiger partial charge is 0.131 e. The lowest BCUT2D eigenvalue weighted by Gasteiger charge is -2.21. The molecule has 0 amide bonds. The largest absolute Gasteiger partial charge is 0.508 e. The minimum Gasteiger partial charge on any atom is -0.508 e. The Morgan fingerprint density at radius 3 is 1.83 bits per heavy atom. The van der Waals surface area contributed by atoms with Crippen molar-refractivity contribution in [2.45, 2.75) is 38.5 Å². The SMILES string of the molecule is CC(C)(C#Cc1cc(O)c(C(C)(C)C#Cc2ccccc2)cc1O)c1ccccc1. The second-order valence-corrected chi connectivity index (χ2v) is 8.37. The van der Waals surface area contributed by atoms with Crippen LogP contribution in [-0.4, -0.2) is 10.2 Å². The molecule has 0 radical (unpaired) electrons. The van der Waals surface area contributed by atoms with Crippen LogP contribution < -0.4 is 0 Å². The van der Waals surface area contributed by atoms with Crippen molar-refractivity contribution in [2.24, 2.45) is 0 Å². The van der Waals surface area contributed by atoms with Gasteiger partial charge in [0.1, 0.15) is 11.5 Å². The predicted molar refractivity (Wildman–Crippen MR) is 122 cm³/mol. The Balaban J connectivity index is 1.92. The standard InChI is InChI=1S/C28H26O2/c1-27(2,23-13-9-6-10-14-23)18-16-22-19-26(30)24(20-25(22)29)28(3,4)17-15-21-11-7-5-8-12-21/h5-14,19-20,29-30H,1-4H3. The molecule has 0 aliphatic heterocycles. The van der Waals surface area contributed by atoms with Crippen LogP contribution in [-0.2, 0) is 10.8 Å². The number of aromatic hydroxyl groups is 2. The van der Waals surface area contributed by atoms with Crippen molar-refractivity contribution in [3.63, 3.8) is 0 Å². The Labute approximate surface area is 179 Å². The molecule has 0 fully saturated rings. The Morgan fingerprint density at radius 2 is 1.20 bits per heavy atom. The summed E-state index contributed by atoms with van der Waals surface area (Å²) in [6, 6.07) is 22.8. The van der Waals surface area contributed by atoms with Gasteiger partial charge in [-0.3, -0.25) is 0 Å². The average molecular weight is 395 g/mol. The minimum absolute atomic E-state index is 0.0359. The Kier molecular flexibility index (Phi) is 5.91. The van der Waals surface area contributed by atoms with Gasteiger partial charge in [0.2, 0.25) is 0 Å². The van der Waals surface area contributed by atoms with E-state index in [0.717, 1.165) is 11.1 Å². The van der Waals surface area contributed by atoms with Gasteiger partial charge in [-0.25, -0.2) is 0 Å². The van der Waals surface area contributed by atoms with E-state index in [1.807, 2.05) is 88.4 Å². The van der Waals surface area contributed by atoms with Crippen molar-refractivity contribution < 1.29 is 10.2 Å². The summed E-state index contributed by atoms with van der Waals surface area (Å²) >= 11 is 0. The fourth-order valence-corrected chi connectivity index (χ4v) is 3.15. The van der Waals surface area contributed by atoms with E-state index in [9.17, 15) is 10.2 Å². The first kappa shape index (κ1) is 21.1. The molecular weight excluding hydrogens is 368 g/mol. The van der Waals surface area contributed by atoms with Gasteiger partial charge in [-0.2, -0.15) is 0 Å².